The lowest BCUT2D eigenvalue weighted by Crippen LogP contribution is -2.32. The van der Waals surface area contributed by atoms with Crippen LogP contribution in [-0.2, 0) is 12.7 Å². The molecule has 5 heterocycles. The van der Waals surface area contributed by atoms with Gasteiger partial charge in [0.1, 0.15) is 22.0 Å². The molecule has 2 amide bonds. The number of likely N-dealkylation sites (tertiary alicyclic amines) is 1. The van der Waals surface area contributed by atoms with Crippen molar-refractivity contribution in [2.45, 2.75) is 32.5 Å². The molecular formula is C28H28F3N7O4S. The summed E-state index contributed by atoms with van der Waals surface area (Å²) in [5.74, 6) is -1.05. The predicted octanol–water partition coefficient (Wildman–Crippen LogP) is 4.78. The van der Waals surface area contributed by atoms with Crippen molar-refractivity contribution in [3.63, 3.8) is 0 Å². The minimum absolute atomic E-state index is 0.00253. The number of urea groups is 1. The molecule has 5 rings (SSSR count). The Morgan fingerprint density at radius 1 is 1.14 bits per heavy atom. The number of alkyl halides is 3. The Labute approximate surface area is 247 Å². The molecule has 1 fully saturated rings. The van der Waals surface area contributed by atoms with E-state index in [1.54, 1.807) is 11.5 Å². The van der Waals surface area contributed by atoms with Crippen LogP contribution in [0.5, 0.6) is 0 Å². The fourth-order valence-corrected chi connectivity index (χ4v) is 5.87. The predicted molar refractivity (Wildman–Crippen MR) is 155 cm³/mol. The van der Waals surface area contributed by atoms with Gasteiger partial charge in [-0.25, -0.2) is 24.5 Å². The number of amides is 2. The number of carboxylic acid groups (broad SMARTS) is 1. The van der Waals surface area contributed by atoms with Crippen LogP contribution in [-0.4, -0.2) is 68.2 Å². The Bertz CT molecular complexity index is 1750. The van der Waals surface area contributed by atoms with Crippen LogP contribution in [0.2, 0.25) is 0 Å². The van der Waals surface area contributed by atoms with Gasteiger partial charge >= 0.3 is 18.2 Å². The summed E-state index contributed by atoms with van der Waals surface area (Å²) in [6, 6.07) is 2.31. The van der Waals surface area contributed by atoms with Gasteiger partial charge in [0.25, 0.3) is 0 Å². The molecule has 0 saturated carbocycles. The van der Waals surface area contributed by atoms with E-state index in [4.69, 9.17) is 0 Å². The Balaban J connectivity index is 1.63. The minimum atomic E-state index is -4.67. The maximum Gasteiger partial charge on any atom is 0.434 e. The van der Waals surface area contributed by atoms with Crippen LogP contribution in [0, 0.1) is 5.92 Å². The fourth-order valence-electron chi connectivity index (χ4n) is 5.02. The van der Waals surface area contributed by atoms with Gasteiger partial charge in [0.05, 0.1) is 5.39 Å². The lowest BCUT2D eigenvalue weighted by atomic mass is 9.96. The first-order valence-corrected chi connectivity index (χ1v) is 14.4. The van der Waals surface area contributed by atoms with Crippen molar-refractivity contribution in [1.29, 1.82) is 0 Å². The van der Waals surface area contributed by atoms with Crippen molar-refractivity contribution in [2.75, 3.05) is 32.0 Å². The van der Waals surface area contributed by atoms with E-state index in [-0.39, 0.29) is 27.7 Å². The van der Waals surface area contributed by atoms with Gasteiger partial charge in [-0.05, 0) is 58.0 Å². The number of aromatic nitrogens is 4. The van der Waals surface area contributed by atoms with Gasteiger partial charge in [-0.15, -0.1) is 11.3 Å². The molecule has 43 heavy (non-hydrogen) atoms. The zero-order valence-corrected chi connectivity index (χ0v) is 24.1. The number of rotatable bonds is 7. The van der Waals surface area contributed by atoms with Gasteiger partial charge in [-0.3, -0.25) is 10.1 Å². The summed E-state index contributed by atoms with van der Waals surface area (Å²) in [5.41, 5.74) is -1.09. The Morgan fingerprint density at radius 3 is 2.53 bits per heavy atom. The summed E-state index contributed by atoms with van der Waals surface area (Å²) in [6.07, 6.45) is 1.27. The molecule has 4 aromatic rings. The molecular weight excluding hydrogens is 587 g/mol. The highest BCUT2D eigenvalue weighted by atomic mass is 32.1. The summed E-state index contributed by atoms with van der Waals surface area (Å²) < 4.78 is 41.9. The summed E-state index contributed by atoms with van der Waals surface area (Å²) in [6.45, 7) is 4.34. The monoisotopic (exact) mass is 615 g/mol. The molecule has 0 spiro atoms. The van der Waals surface area contributed by atoms with E-state index in [2.05, 4.69) is 30.5 Å². The van der Waals surface area contributed by atoms with Crippen molar-refractivity contribution in [2.24, 2.45) is 5.92 Å². The Morgan fingerprint density at radius 2 is 1.88 bits per heavy atom. The van der Waals surface area contributed by atoms with Gasteiger partial charge in [-0.1, -0.05) is 0 Å². The third-order valence-electron chi connectivity index (χ3n) is 7.26. The van der Waals surface area contributed by atoms with Crippen molar-refractivity contribution >= 4 is 40.2 Å². The topological polar surface area (TPSA) is 142 Å². The first-order chi connectivity index (χ1) is 20.4. The highest BCUT2D eigenvalue weighted by Gasteiger charge is 2.34. The van der Waals surface area contributed by atoms with Crippen LogP contribution in [0.15, 0.2) is 40.9 Å². The number of hydrogen-bond donors (Lipinski definition) is 3. The van der Waals surface area contributed by atoms with Crippen molar-refractivity contribution in [3.05, 3.63) is 57.6 Å². The number of thiazole rings is 1. The maximum absolute atomic E-state index is 13.4. The van der Waals surface area contributed by atoms with Gasteiger partial charge in [0.15, 0.2) is 5.69 Å². The molecule has 3 N–H and O–H groups in total. The number of carbonyl (C=O) groups is 2. The Kier molecular flexibility index (Phi) is 8.46. The largest absolute Gasteiger partial charge is 0.477 e. The number of anilines is 1. The molecule has 0 unspecified atom stereocenters. The number of piperidine rings is 1. The molecule has 0 bridgehead atoms. The number of fused-ring (bicyclic) bond motifs is 1. The van der Waals surface area contributed by atoms with Crippen molar-refractivity contribution in [3.8, 4) is 21.7 Å². The molecule has 0 aliphatic carbocycles. The standard InChI is InChI=1S/C28H28F3N7O4S/c1-3-32-27(42)36-22-9-17(25-35-21(14-43-25)28(29,30)31)19(11-33-22)16-8-18-23(39)20(26(40)41)13-38(24(18)34-10-16)12-15-4-6-37(2)7-5-15/h8-11,13-15H,3-7,12H2,1-2H3,(H,40,41)(H2,32,33,36,42). The molecule has 0 radical (unpaired) electrons. The Hall–Kier alpha value is -4.37. The van der Waals surface area contributed by atoms with E-state index in [0.29, 0.717) is 29.9 Å². The number of pyridine rings is 3. The second kappa shape index (κ2) is 12.1. The number of aromatic carboxylic acids is 1. The van der Waals surface area contributed by atoms with Crippen LogP contribution in [0.1, 0.15) is 35.8 Å². The average molecular weight is 616 g/mol. The summed E-state index contributed by atoms with van der Waals surface area (Å²) in [7, 11) is 2.04. The summed E-state index contributed by atoms with van der Waals surface area (Å²) in [5, 5.41) is 15.8. The lowest BCUT2D eigenvalue weighted by Gasteiger charge is -2.29. The normalized spacial score (nSPS) is 14.6. The highest BCUT2D eigenvalue weighted by Crippen LogP contribution is 2.38. The first-order valence-electron chi connectivity index (χ1n) is 13.5. The maximum atomic E-state index is 13.4. The lowest BCUT2D eigenvalue weighted by molar-refractivity contribution is -0.140. The van der Waals surface area contributed by atoms with Crippen LogP contribution < -0.4 is 16.1 Å². The van der Waals surface area contributed by atoms with Crippen molar-refractivity contribution < 1.29 is 27.9 Å². The first kappa shape index (κ1) is 30.1. The second-order valence-corrected chi connectivity index (χ2v) is 11.2. The highest BCUT2D eigenvalue weighted by molar-refractivity contribution is 7.13. The molecule has 1 saturated heterocycles. The fraction of sp³-hybridized carbons (Fsp3) is 0.357. The molecule has 15 heteroatoms. The zero-order chi connectivity index (χ0) is 30.9. The van der Waals surface area contributed by atoms with E-state index in [9.17, 15) is 32.7 Å². The van der Waals surface area contributed by atoms with Crippen LogP contribution in [0.25, 0.3) is 32.7 Å². The van der Waals surface area contributed by atoms with Gasteiger partial charge in [-0.2, -0.15) is 13.2 Å². The van der Waals surface area contributed by atoms with E-state index in [1.165, 1.54) is 30.7 Å². The van der Waals surface area contributed by atoms with Crippen LogP contribution in [0.3, 0.4) is 0 Å². The van der Waals surface area contributed by atoms with E-state index >= 15 is 0 Å². The summed E-state index contributed by atoms with van der Waals surface area (Å²) >= 11 is 0.757. The number of nitrogens with one attached hydrogen (secondary N) is 2. The van der Waals surface area contributed by atoms with E-state index in [0.717, 1.165) is 42.6 Å². The molecule has 1 aliphatic rings. The van der Waals surface area contributed by atoms with Crippen molar-refractivity contribution in [1.82, 2.24) is 29.7 Å². The number of carboxylic acids is 1. The van der Waals surface area contributed by atoms with E-state index < -0.39 is 34.9 Å². The molecule has 11 nitrogen and oxygen atoms in total. The molecule has 1 aliphatic heterocycles. The van der Waals surface area contributed by atoms with Gasteiger partial charge in [0.2, 0.25) is 5.43 Å². The molecule has 226 valence electrons. The molecule has 4 aromatic heterocycles. The third kappa shape index (κ3) is 6.51. The van der Waals surface area contributed by atoms with Crippen LogP contribution in [0.4, 0.5) is 23.8 Å². The quantitative estimate of drug-likeness (QED) is 0.270. The molecule has 0 atom stereocenters. The summed E-state index contributed by atoms with van der Waals surface area (Å²) in [4.78, 5) is 52.2. The van der Waals surface area contributed by atoms with Gasteiger partial charge < -0.3 is 19.9 Å². The minimum Gasteiger partial charge on any atom is -0.477 e. The molecule has 0 aromatic carbocycles. The third-order valence-corrected chi connectivity index (χ3v) is 8.13. The van der Waals surface area contributed by atoms with Gasteiger partial charge in [0, 0.05) is 53.8 Å². The smallest absolute Gasteiger partial charge is 0.434 e. The number of nitrogens with zero attached hydrogens (tertiary/aromatic N) is 5. The zero-order valence-electron chi connectivity index (χ0n) is 23.2. The number of carbonyl (C=O) groups excluding carboxylic acids is 1. The van der Waals surface area contributed by atoms with E-state index in [1.807, 2.05) is 7.05 Å². The number of hydrogen-bond acceptors (Lipinski definition) is 8. The number of halogens is 3. The average Bonchev–Trinajstić information content (AvgIpc) is 3.47. The van der Waals surface area contributed by atoms with Crippen LogP contribution >= 0.6 is 11.3 Å². The SMILES string of the molecule is CCNC(=O)Nc1cc(-c2nc(C(F)(F)F)cs2)c(-c2cnc3c(c2)c(=O)c(C(=O)O)cn3CC2CCN(C)CC2)cn1. The second-order valence-electron chi connectivity index (χ2n) is 10.3.